The number of halogens is 1. The van der Waals surface area contributed by atoms with Gasteiger partial charge in [-0.15, -0.1) is 12.4 Å². The quantitative estimate of drug-likeness (QED) is 0.868. The maximum absolute atomic E-state index is 3.51. The van der Waals surface area contributed by atoms with Gasteiger partial charge in [0, 0.05) is 19.6 Å². The fourth-order valence-electron chi connectivity index (χ4n) is 3.14. The number of benzene rings is 1. The second kappa shape index (κ2) is 5.85. The van der Waals surface area contributed by atoms with E-state index in [0.29, 0.717) is 0 Å². The van der Waals surface area contributed by atoms with Crippen LogP contribution in [0, 0.1) is 11.8 Å². The van der Waals surface area contributed by atoms with E-state index in [4.69, 9.17) is 0 Å². The van der Waals surface area contributed by atoms with Gasteiger partial charge in [-0.25, -0.2) is 0 Å². The van der Waals surface area contributed by atoms with Crippen LogP contribution in [0.15, 0.2) is 30.3 Å². The molecule has 0 aromatic heterocycles. The number of fused-ring (bicyclic) bond motifs is 1. The summed E-state index contributed by atoms with van der Waals surface area (Å²) in [6.45, 7) is 6.18. The fraction of sp³-hybridized carbons (Fsp3) is 0.571. The maximum Gasteiger partial charge on any atom is 0.0233 e. The summed E-state index contributed by atoms with van der Waals surface area (Å²) in [6, 6.07) is 10.8. The van der Waals surface area contributed by atoms with Gasteiger partial charge in [0.25, 0.3) is 0 Å². The van der Waals surface area contributed by atoms with Crippen molar-refractivity contribution < 1.29 is 0 Å². The Hall–Kier alpha value is -0.570. The minimum atomic E-state index is 0. The lowest BCUT2D eigenvalue weighted by atomic mass is 9.90. The topological polar surface area (TPSA) is 15.3 Å². The molecule has 0 aliphatic carbocycles. The maximum atomic E-state index is 3.51. The summed E-state index contributed by atoms with van der Waals surface area (Å²) in [7, 11) is 0. The van der Waals surface area contributed by atoms with Crippen LogP contribution in [0.3, 0.4) is 0 Å². The minimum Gasteiger partial charge on any atom is -0.316 e. The largest absolute Gasteiger partial charge is 0.316 e. The smallest absolute Gasteiger partial charge is 0.0233 e. The van der Waals surface area contributed by atoms with Crippen LogP contribution >= 0.6 is 12.4 Å². The molecule has 94 valence electrons. The van der Waals surface area contributed by atoms with Crippen molar-refractivity contribution in [2.75, 3.05) is 26.2 Å². The molecule has 0 spiro atoms. The van der Waals surface area contributed by atoms with Crippen LogP contribution in [-0.2, 0) is 6.54 Å². The van der Waals surface area contributed by atoms with E-state index in [1.165, 1.54) is 38.2 Å². The molecule has 3 heteroatoms. The first-order valence-electron chi connectivity index (χ1n) is 6.39. The fourth-order valence-corrected chi connectivity index (χ4v) is 3.14. The van der Waals surface area contributed by atoms with E-state index in [1.54, 1.807) is 0 Å². The molecule has 2 heterocycles. The number of nitrogens with one attached hydrogen (secondary N) is 1. The molecule has 3 rings (SSSR count). The molecular weight excluding hydrogens is 232 g/mol. The first-order chi connectivity index (χ1) is 7.92. The van der Waals surface area contributed by atoms with Gasteiger partial charge >= 0.3 is 0 Å². The predicted molar refractivity (Wildman–Crippen MR) is 73.4 cm³/mol. The van der Waals surface area contributed by atoms with Gasteiger partial charge in [0.1, 0.15) is 0 Å². The molecule has 1 aromatic carbocycles. The Balaban J connectivity index is 0.00000108. The van der Waals surface area contributed by atoms with Crippen molar-refractivity contribution in [2.24, 2.45) is 11.8 Å². The predicted octanol–water partition coefficient (Wildman–Crippen LogP) is 2.15. The highest BCUT2D eigenvalue weighted by Gasteiger charge is 2.33. The average Bonchev–Trinajstić information content (AvgIpc) is 2.72. The molecular formula is C14H21ClN2. The summed E-state index contributed by atoms with van der Waals surface area (Å²) >= 11 is 0. The van der Waals surface area contributed by atoms with Gasteiger partial charge in [0.2, 0.25) is 0 Å². The number of hydrogen-bond acceptors (Lipinski definition) is 2. The van der Waals surface area contributed by atoms with E-state index >= 15 is 0 Å². The summed E-state index contributed by atoms with van der Waals surface area (Å²) in [4.78, 5) is 2.62. The van der Waals surface area contributed by atoms with Crippen LogP contribution in [-0.4, -0.2) is 31.1 Å². The van der Waals surface area contributed by atoms with E-state index in [2.05, 4.69) is 40.5 Å². The van der Waals surface area contributed by atoms with E-state index in [9.17, 15) is 0 Å². The van der Waals surface area contributed by atoms with Crippen molar-refractivity contribution in [3.63, 3.8) is 0 Å². The van der Waals surface area contributed by atoms with Crippen LogP contribution < -0.4 is 5.32 Å². The average molecular weight is 253 g/mol. The van der Waals surface area contributed by atoms with E-state index in [0.717, 1.165) is 18.4 Å². The van der Waals surface area contributed by atoms with Gasteiger partial charge < -0.3 is 5.32 Å². The van der Waals surface area contributed by atoms with Gasteiger partial charge in [0.15, 0.2) is 0 Å². The zero-order chi connectivity index (χ0) is 10.8. The number of nitrogens with zero attached hydrogens (tertiary/aromatic N) is 1. The molecule has 2 unspecified atom stereocenters. The molecule has 2 atom stereocenters. The third-order valence-electron chi connectivity index (χ3n) is 4.00. The Kier molecular flexibility index (Phi) is 4.43. The van der Waals surface area contributed by atoms with Gasteiger partial charge in [0.05, 0.1) is 0 Å². The second-order valence-electron chi connectivity index (χ2n) is 5.19. The van der Waals surface area contributed by atoms with Crippen LogP contribution in [0.5, 0.6) is 0 Å². The van der Waals surface area contributed by atoms with Crippen molar-refractivity contribution >= 4 is 12.4 Å². The van der Waals surface area contributed by atoms with E-state index in [1.807, 2.05) is 0 Å². The standard InChI is InChI=1S/C14H20N2.ClH/c1-2-4-12(5-3-1)9-16-10-13-6-7-15-8-14(13)11-16;/h1-5,13-15H,6-11H2;1H. The summed E-state index contributed by atoms with van der Waals surface area (Å²) in [5.41, 5.74) is 1.45. The molecule has 2 fully saturated rings. The number of hydrogen-bond donors (Lipinski definition) is 1. The molecule has 1 aromatic rings. The van der Waals surface area contributed by atoms with Crippen molar-refractivity contribution in [2.45, 2.75) is 13.0 Å². The summed E-state index contributed by atoms with van der Waals surface area (Å²) in [5.74, 6) is 1.85. The Labute approximate surface area is 110 Å². The third-order valence-corrected chi connectivity index (χ3v) is 4.00. The monoisotopic (exact) mass is 252 g/mol. The van der Waals surface area contributed by atoms with Gasteiger partial charge in [-0.05, 0) is 36.9 Å². The Morgan fingerprint density at radius 1 is 1.12 bits per heavy atom. The lowest BCUT2D eigenvalue weighted by Crippen LogP contribution is -2.35. The highest BCUT2D eigenvalue weighted by molar-refractivity contribution is 5.85. The SMILES string of the molecule is Cl.c1ccc(CN2CC3CCNCC3C2)cc1. The first kappa shape index (κ1) is 12.9. The van der Waals surface area contributed by atoms with Crippen LogP contribution in [0.4, 0.5) is 0 Å². The summed E-state index contributed by atoms with van der Waals surface area (Å²) in [5, 5.41) is 3.51. The molecule has 2 saturated heterocycles. The van der Waals surface area contributed by atoms with Crippen LogP contribution in [0.25, 0.3) is 0 Å². The molecule has 17 heavy (non-hydrogen) atoms. The number of piperidine rings is 1. The van der Waals surface area contributed by atoms with E-state index < -0.39 is 0 Å². The highest BCUT2D eigenvalue weighted by atomic mass is 35.5. The Morgan fingerprint density at radius 2 is 1.88 bits per heavy atom. The Morgan fingerprint density at radius 3 is 2.65 bits per heavy atom. The molecule has 0 amide bonds. The molecule has 2 nitrogen and oxygen atoms in total. The second-order valence-corrected chi connectivity index (χ2v) is 5.19. The summed E-state index contributed by atoms with van der Waals surface area (Å²) < 4.78 is 0. The van der Waals surface area contributed by atoms with Crippen molar-refractivity contribution in [3.05, 3.63) is 35.9 Å². The Bertz CT molecular complexity index is 327. The normalized spacial score (nSPS) is 28.5. The molecule has 0 radical (unpaired) electrons. The summed E-state index contributed by atoms with van der Waals surface area (Å²) in [6.07, 6.45) is 1.37. The molecule has 2 aliphatic rings. The lowest BCUT2D eigenvalue weighted by molar-refractivity contribution is 0.313. The van der Waals surface area contributed by atoms with Crippen LogP contribution in [0.1, 0.15) is 12.0 Å². The third kappa shape index (κ3) is 3.01. The molecule has 2 aliphatic heterocycles. The first-order valence-corrected chi connectivity index (χ1v) is 6.39. The number of likely N-dealkylation sites (tertiary alicyclic amines) is 1. The highest BCUT2D eigenvalue weighted by Crippen LogP contribution is 2.28. The van der Waals surface area contributed by atoms with Gasteiger partial charge in [-0.2, -0.15) is 0 Å². The molecule has 0 saturated carbocycles. The molecule has 1 N–H and O–H groups in total. The zero-order valence-corrected chi connectivity index (χ0v) is 11.0. The zero-order valence-electron chi connectivity index (χ0n) is 10.1. The van der Waals surface area contributed by atoms with E-state index in [-0.39, 0.29) is 12.4 Å². The molecule has 0 bridgehead atoms. The van der Waals surface area contributed by atoms with Crippen molar-refractivity contribution in [3.8, 4) is 0 Å². The van der Waals surface area contributed by atoms with Crippen molar-refractivity contribution in [1.82, 2.24) is 10.2 Å². The lowest BCUT2D eigenvalue weighted by Gasteiger charge is -2.24. The number of rotatable bonds is 2. The van der Waals surface area contributed by atoms with Crippen molar-refractivity contribution in [1.29, 1.82) is 0 Å². The van der Waals surface area contributed by atoms with Gasteiger partial charge in [-0.3, -0.25) is 4.90 Å². The van der Waals surface area contributed by atoms with Crippen LogP contribution in [0.2, 0.25) is 0 Å². The van der Waals surface area contributed by atoms with Gasteiger partial charge in [-0.1, -0.05) is 30.3 Å². The minimum absolute atomic E-state index is 0.